The van der Waals surface area contributed by atoms with Crippen molar-refractivity contribution in [3.05, 3.63) is 89.1 Å². The Morgan fingerprint density at radius 1 is 1.03 bits per heavy atom. The quantitative estimate of drug-likeness (QED) is 0.446. The van der Waals surface area contributed by atoms with Gasteiger partial charge in [0.1, 0.15) is 11.3 Å². The number of hydrogen-bond donors (Lipinski definition) is 2. The van der Waals surface area contributed by atoms with E-state index in [1.165, 1.54) is 0 Å². The molecule has 6 rings (SSSR count). The SMILES string of the molecule is CC1(O)CC(c2nn(-c3ccc4ccn(-c5ccccc5)c(=O)c4c3)c3c(N)nccc23)C1. The molecule has 0 aliphatic heterocycles. The van der Waals surface area contributed by atoms with Crippen LogP contribution in [0.15, 0.2) is 77.9 Å². The molecule has 0 radical (unpaired) electrons. The van der Waals surface area contributed by atoms with Crippen molar-refractivity contribution in [1.29, 1.82) is 0 Å². The van der Waals surface area contributed by atoms with Crippen LogP contribution < -0.4 is 11.3 Å². The number of aliphatic hydroxyl groups is 1. The van der Waals surface area contributed by atoms with Crippen LogP contribution in [0.5, 0.6) is 0 Å². The van der Waals surface area contributed by atoms with Crippen LogP contribution in [-0.4, -0.2) is 30.0 Å². The van der Waals surface area contributed by atoms with E-state index >= 15 is 0 Å². The first-order valence-corrected chi connectivity index (χ1v) is 11.0. The molecule has 0 atom stereocenters. The number of anilines is 1. The number of nitrogen functional groups attached to an aromatic ring is 1. The van der Waals surface area contributed by atoms with Crippen LogP contribution in [0.1, 0.15) is 31.4 Å². The van der Waals surface area contributed by atoms with Crippen molar-refractivity contribution in [1.82, 2.24) is 19.3 Å². The predicted octanol–water partition coefficient (Wildman–Crippen LogP) is 3.94. The molecule has 1 aliphatic rings. The fourth-order valence-electron chi connectivity index (χ4n) is 4.95. The molecule has 2 aromatic carbocycles. The molecule has 5 aromatic rings. The molecule has 0 bridgehead atoms. The Kier molecular flexibility index (Phi) is 4.19. The molecule has 1 aliphatic carbocycles. The highest BCUT2D eigenvalue weighted by Gasteiger charge is 2.41. The summed E-state index contributed by atoms with van der Waals surface area (Å²) in [5, 5.41) is 17.5. The molecule has 7 nitrogen and oxygen atoms in total. The zero-order chi connectivity index (χ0) is 22.7. The zero-order valence-electron chi connectivity index (χ0n) is 18.1. The predicted molar refractivity (Wildman–Crippen MR) is 129 cm³/mol. The third-order valence-electron chi connectivity index (χ3n) is 6.58. The highest BCUT2D eigenvalue weighted by molar-refractivity contribution is 5.92. The second-order valence-corrected chi connectivity index (χ2v) is 9.09. The first-order chi connectivity index (χ1) is 15.9. The maximum absolute atomic E-state index is 13.4. The third kappa shape index (κ3) is 3.12. The molecule has 3 heterocycles. The number of para-hydroxylation sites is 1. The normalized spacial score (nSPS) is 20.2. The Balaban J connectivity index is 1.54. The number of rotatable bonds is 3. The molecule has 0 amide bonds. The summed E-state index contributed by atoms with van der Waals surface area (Å²) >= 11 is 0. The third-order valence-corrected chi connectivity index (χ3v) is 6.58. The topological polar surface area (TPSA) is 99.0 Å². The molecule has 164 valence electrons. The van der Waals surface area contributed by atoms with E-state index < -0.39 is 5.60 Å². The Bertz CT molecular complexity index is 1580. The molecule has 3 N–H and O–H groups in total. The fraction of sp³-hybridized carbons (Fsp3) is 0.192. The lowest BCUT2D eigenvalue weighted by Gasteiger charge is -2.40. The molecule has 3 aromatic heterocycles. The van der Waals surface area contributed by atoms with Crippen LogP contribution in [0, 0.1) is 0 Å². The highest BCUT2D eigenvalue weighted by atomic mass is 16.3. The molecule has 1 fully saturated rings. The summed E-state index contributed by atoms with van der Waals surface area (Å²) in [5.74, 6) is 0.536. The molecule has 7 heteroatoms. The molecule has 33 heavy (non-hydrogen) atoms. The lowest BCUT2D eigenvalue weighted by atomic mass is 9.70. The Morgan fingerprint density at radius 3 is 2.58 bits per heavy atom. The number of nitrogens with two attached hydrogens (primary N) is 1. The number of hydrogen-bond acceptors (Lipinski definition) is 5. The summed E-state index contributed by atoms with van der Waals surface area (Å²) in [6.45, 7) is 1.85. The Labute approximate surface area is 189 Å². The molecule has 0 unspecified atom stereocenters. The van der Waals surface area contributed by atoms with Gasteiger partial charge in [-0.05, 0) is 61.5 Å². The van der Waals surface area contributed by atoms with E-state index in [0.717, 1.165) is 33.4 Å². The van der Waals surface area contributed by atoms with Gasteiger partial charge in [0.15, 0.2) is 0 Å². The van der Waals surface area contributed by atoms with Gasteiger partial charge in [-0.2, -0.15) is 5.10 Å². The van der Waals surface area contributed by atoms with Crippen LogP contribution in [0.3, 0.4) is 0 Å². The summed E-state index contributed by atoms with van der Waals surface area (Å²) < 4.78 is 3.42. The largest absolute Gasteiger partial charge is 0.390 e. The lowest BCUT2D eigenvalue weighted by Crippen LogP contribution is -2.39. The second kappa shape index (κ2) is 7.02. The molecule has 0 saturated heterocycles. The van der Waals surface area contributed by atoms with Gasteiger partial charge >= 0.3 is 0 Å². The van der Waals surface area contributed by atoms with Crippen molar-refractivity contribution in [2.75, 3.05) is 5.73 Å². The second-order valence-electron chi connectivity index (χ2n) is 9.09. The standard InChI is InChI=1S/C26H23N5O2/c1-26(33)14-17(15-26)22-20-9-11-28-24(27)23(20)31(29-22)19-8-7-16-10-12-30(25(32)21(16)13-19)18-5-3-2-4-6-18/h2-13,17,33H,14-15H2,1H3,(H2,27,28). The molecular weight excluding hydrogens is 414 g/mol. The van der Waals surface area contributed by atoms with Crippen LogP contribution in [-0.2, 0) is 0 Å². The average Bonchev–Trinajstić information content (AvgIpc) is 3.19. The first-order valence-electron chi connectivity index (χ1n) is 11.0. The van der Waals surface area contributed by atoms with Gasteiger partial charge in [-0.3, -0.25) is 9.36 Å². The summed E-state index contributed by atoms with van der Waals surface area (Å²) in [7, 11) is 0. The van der Waals surface area contributed by atoms with Crippen LogP contribution in [0.25, 0.3) is 33.1 Å². The number of benzene rings is 2. The van der Waals surface area contributed by atoms with Crippen molar-refractivity contribution in [2.24, 2.45) is 0 Å². The van der Waals surface area contributed by atoms with Crippen LogP contribution in [0.2, 0.25) is 0 Å². The van der Waals surface area contributed by atoms with Crippen molar-refractivity contribution >= 4 is 27.5 Å². The molecular formula is C26H23N5O2. The number of fused-ring (bicyclic) bond motifs is 2. The minimum atomic E-state index is -0.662. The zero-order valence-corrected chi connectivity index (χ0v) is 18.1. The number of aromatic nitrogens is 4. The average molecular weight is 438 g/mol. The van der Waals surface area contributed by atoms with Crippen molar-refractivity contribution in [3.63, 3.8) is 0 Å². The van der Waals surface area contributed by atoms with Crippen molar-refractivity contribution in [2.45, 2.75) is 31.3 Å². The Morgan fingerprint density at radius 2 is 1.82 bits per heavy atom. The van der Waals surface area contributed by atoms with Gasteiger partial charge in [-0.25, -0.2) is 9.67 Å². The van der Waals surface area contributed by atoms with Gasteiger partial charge in [0.25, 0.3) is 5.56 Å². The van der Waals surface area contributed by atoms with Crippen LogP contribution >= 0.6 is 0 Å². The summed E-state index contributed by atoms with van der Waals surface area (Å²) in [6, 6.07) is 19.1. The number of pyridine rings is 2. The first kappa shape index (κ1) is 19.7. The van der Waals surface area contributed by atoms with Gasteiger partial charge in [0.05, 0.1) is 17.0 Å². The van der Waals surface area contributed by atoms with Gasteiger partial charge in [0, 0.05) is 34.8 Å². The maximum atomic E-state index is 13.4. The minimum absolute atomic E-state index is 0.0987. The van der Waals surface area contributed by atoms with E-state index in [9.17, 15) is 9.90 Å². The van der Waals surface area contributed by atoms with Crippen LogP contribution in [0.4, 0.5) is 5.82 Å². The van der Waals surface area contributed by atoms with Gasteiger partial charge < -0.3 is 10.8 Å². The Hall–Kier alpha value is -3.97. The van der Waals surface area contributed by atoms with Gasteiger partial charge in [-0.15, -0.1) is 0 Å². The smallest absolute Gasteiger partial charge is 0.263 e. The van der Waals surface area contributed by atoms with Crippen molar-refractivity contribution in [3.8, 4) is 11.4 Å². The minimum Gasteiger partial charge on any atom is -0.390 e. The highest BCUT2D eigenvalue weighted by Crippen LogP contribution is 2.46. The summed E-state index contributed by atoms with van der Waals surface area (Å²) in [5.41, 5.74) is 8.69. The van der Waals surface area contributed by atoms with E-state index in [0.29, 0.717) is 24.0 Å². The van der Waals surface area contributed by atoms with E-state index in [4.69, 9.17) is 10.8 Å². The summed E-state index contributed by atoms with van der Waals surface area (Å²) in [6.07, 6.45) is 4.79. The van der Waals surface area contributed by atoms with E-state index in [1.54, 1.807) is 21.6 Å². The lowest BCUT2D eigenvalue weighted by molar-refractivity contribution is -0.0320. The van der Waals surface area contributed by atoms with E-state index in [2.05, 4.69) is 4.98 Å². The molecule has 0 spiro atoms. The van der Waals surface area contributed by atoms with Gasteiger partial charge in [-0.1, -0.05) is 24.3 Å². The monoisotopic (exact) mass is 437 g/mol. The maximum Gasteiger partial charge on any atom is 0.263 e. The van der Waals surface area contributed by atoms with Crippen molar-refractivity contribution < 1.29 is 5.11 Å². The molecule has 1 saturated carbocycles. The van der Waals surface area contributed by atoms with Gasteiger partial charge in [0.2, 0.25) is 0 Å². The fourth-order valence-corrected chi connectivity index (χ4v) is 4.95. The number of nitrogens with zero attached hydrogens (tertiary/aromatic N) is 4. The summed E-state index contributed by atoms with van der Waals surface area (Å²) in [4.78, 5) is 17.6. The van der Waals surface area contributed by atoms with E-state index in [-0.39, 0.29) is 11.5 Å². The van der Waals surface area contributed by atoms with E-state index in [1.807, 2.05) is 67.6 Å².